The number of nitrogens with one attached hydrogen (secondary N) is 1. The van der Waals surface area contributed by atoms with Gasteiger partial charge in [-0.15, -0.1) is 0 Å². The standard InChI is InChI=1S/C21H24BrNO3/c1-4-14-8-9-16(10-15(14)5-2)19(12-20(24)25)23-21(26)17-7-6-13(3)18(22)11-17/h6-11,19H,4-5,12H2,1-3H3,(H,23,26)(H,24,25)/t19-/m1/s1. The first-order chi connectivity index (χ1) is 12.3. The fraction of sp³-hybridized carbons (Fsp3) is 0.333. The molecule has 0 spiro atoms. The zero-order chi connectivity index (χ0) is 19.3. The Morgan fingerprint density at radius 1 is 1.08 bits per heavy atom. The molecule has 26 heavy (non-hydrogen) atoms. The molecule has 4 nitrogen and oxygen atoms in total. The van der Waals surface area contributed by atoms with Crippen molar-refractivity contribution in [2.75, 3.05) is 0 Å². The predicted molar refractivity (Wildman–Crippen MR) is 107 cm³/mol. The first-order valence-electron chi connectivity index (χ1n) is 8.76. The maximum absolute atomic E-state index is 12.6. The Labute approximate surface area is 162 Å². The Balaban J connectivity index is 2.31. The van der Waals surface area contributed by atoms with Gasteiger partial charge in [0.05, 0.1) is 12.5 Å². The Hall–Kier alpha value is -2.14. The molecular formula is C21H24BrNO3. The predicted octanol–water partition coefficient (Wildman–Crippen LogP) is 4.83. The molecule has 0 fully saturated rings. The number of carboxylic acid groups (broad SMARTS) is 1. The maximum atomic E-state index is 12.6. The van der Waals surface area contributed by atoms with Crippen molar-refractivity contribution >= 4 is 27.8 Å². The lowest BCUT2D eigenvalue weighted by Crippen LogP contribution is -2.30. The van der Waals surface area contributed by atoms with Crippen LogP contribution in [0.5, 0.6) is 0 Å². The van der Waals surface area contributed by atoms with Gasteiger partial charge < -0.3 is 10.4 Å². The second kappa shape index (κ2) is 8.99. The third kappa shape index (κ3) is 4.94. The van der Waals surface area contributed by atoms with Crippen LogP contribution in [0.15, 0.2) is 40.9 Å². The van der Waals surface area contributed by atoms with Gasteiger partial charge in [0, 0.05) is 10.0 Å². The van der Waals surface area contributed by atoms with Crippen molar-refractivity contribution in [3.8, 4) is 0 Å². The Bertz CT molecular complexity index is 817. The van der Waals surface area contributed by atoms with Crippen molar-refractivity contribution in [3.63, 3.8) is 0 Å². The zero-order valence-electron chi connectivity index (χ0n) is 15.3. The average molecular weight is 418 g/mol. The first-order valence-corrected chi connectivity index (χ1v) is 9.55. The van der Waals surface area contributed by atoms with Gasteiger partial charge in [0.1, 0.15) is 0 Å². The number of aliphatic carboxylic acids is 1. The molecule has 0 saturated carbocycles. The van der Waals surface area contributed by atoms with E-state index in [0.29, 0.717) is 5.56 Å². The third-order valence-corrected chi connectivity index (χ3v) is 5.37. The highest BCUT2D eigenvalue weighted by Gasteiger charge is 2.20. The molecule has 2 N–H and O–H groups in total. The zero-order valence-corrected chi connectivity index (χ0v) is 16.9. The van der Waals surface area contributed by atoms with E-state index in [1.54, 1.807) is 12.1 Å². The van der Waals surface area contributed by atoms with E-state index in [2.05, 4.69) is 35.1 Å². The van der Waals surface area contributed by atoms with Crippen molar-refractivity contribution in [2.45, 2.75) is 46.1 Å². The number of carbonyl (C=O) groups excluding carboxylic acids is 1. The van der Waals surface area contributed by atoms with E-state index >= 15 is 0 Å². The Morgan fingerprint density at radius 2 is 1.77 bits per heavy atom. The summed E-state index contributed by atoms with van der Waals surface area (Å²) in [7, 11) is 0. The van der Waals surface area contributed by atoms with Crippen molar-refractivity contribution < 1.29 is 14.7 Å². The average Bonchev–Trinajstić information content (AvgIpc) is 2.62. The number of halogens is 1. The van der Waals surface area contributed by atoms with Crippen molar-refractivity contribution in [2.24, 2.45) is 0 Å². The highest BCUT2D eigenvalue weighted by molar-refractivity contribution is 9.10. The quantitative estimate of drug-likeness (QED) is 0.677. The molecule has 2 rings (SSSR count). The molecule has 5 heteroatoms. The van der Waals surface area contributed by atoms with Crippen LogP contribution in [0.3, 0.4) is 0 Å². The van der Waals surface area contributed by atoms with Gasteiger partial charge in [-0.25, -0.2) is 0 Å². The van der Waals surface area contributed by atoms with Crippen molar-refractivity contribution in [1.29, 1.82) is 0 Å². The van der Waals surface area contributed by atoms with E-state index in [0.717, 1.165) is 28.4 Å². The molecule has 0 bridgehead atoms. The van der Waals surface area contributed by atoms with Crippen molar-refractivity contribution in [1.82, 2.24) is 5.32 Å². The number of hydrogen-bond acceptors (Lipinski definition) is 2. The molecule has 0 heterocycles. The smallest absolute Gasteiger partial charge is 0.305 e. The lowest BCUT2D eigenvalue weighted by molar-refractivity contribution is -0.137. The van der Waals surface area contributed by atoms with E-state index in [-0.39, 0.29) is 12.3 Å². The van der Waals surface area contributed by atoms with Crippen LogP contribution < -0.4 is 5.32 Å². The van der Waals surface area contributed by atoms with Gasteiger partial charge in [-0.05, 0) is 54.2 Å². The fourth-order valence-corrected chi connectivity index (χ4v) is 3.32. The van der Waals surface area contributed by atoms with E-state index < -0.39 is 12.0 Å². The summed E-state index contributed by atoms with van der Waals surface area (Å²) < 4.78 is 0.848. The minimum atomic E-state index is -0.946. The second-order valence-corrected chi connectivity index (χ2v) is 7.18. The SMILES string of the molecule is CCc1ccc([C@@H](CC(=O)O)NC(=O)c2ccc(C)c(Br)c2)cc1CC. The van der Waals surface area contributed by atoms with Crippen LogP contribution >= 0.6 is 15.9 Å². The molecule has 2 aromatic rings. The molecule has 0 aliphatic carbocycles. The molecule has 0 aliphatic heterocycles. The van der Waals surface area contributed by atoms with Gasteiger partial charge in [-0.3, -0.25) is 9.59 Å². The van der Waals surface area contributed by atoms with Gasteiger partial charge >= 0.3 is 5.97 Å². The topological polar surface area (TPSA) is 66.4 Å². The number of carboxylic acids is 1. The van der Waals surface area contributed by atoms with Gasteiger partial charge in [0.2, 0.25) is 0 Å². The first kappa shape index (κ1) is 20.2. The summed E-state index contributed by atoms with van der Waals surface area (Å²) in [5.74, 6) is -1.23. The number of rotatable bonds is 7. The second-order valence-electron chi connectivity index (χ2n) is 6.32. The summed E-state index contributed by atoms with van der Waals surface area (Å²) in [4.78, 5) is 23.9. The normalized spacial score (nSPS) is 11.8. The molecule has 0 saturated heterocycles. The Morgan fingerprint density at radius 3 is 2.35 bits per heavy atom. The van der Waals surface area contributed by atoms with E-state index in [1.807, 2.05) is 31.2 Å². The number of carbonyl (C=O) groups is 2. The van der Waals surface area contributed by atoms with Gasteiger partial charge in [-0.1, -0.05) is 54.0 Å². The van der Waals surface area contributed by atoms with E-state index in [4.69, 9.17) is 0 Å². The lowest BCUT2D eigenvalue weighted by Gasteiger charge is -2.19. The number of amides is 1. The monoisotopic (exact) mass is 417 g/mol. The summed E-state index contributed by atoms with van der Waals surface area (Å²) in [5, 5.41) is 12.2. The lowest BCUT2D eigenvalue weighted by atomic mass is 9.95. The van der Waals surface area contributed by atoms with Gasteiger partial charge in [0.15, 0.2) is 0 Å². The molecule has 0 radical (unpaired) electrons. The summed E-state index contributed by atoms with van der Waals surface area (Å²) in [6, 6.07) is 10.7. The number of aryl methyl sites for hydroxylation is 3. The van der Waals surface area contributed by atoms with Gasteiger partial charge in [-0.2, -0.15) is 0 Å². The maximum Gasteiger partial charge on any atom is 0.305 e. The molecule has 138 valence electrons. The number of hydrogen-bond donors (Lipinski definition) is 2. The third-order valence-electron chi connectivity index (χ3n) is 4.51. The summed E-state index contributed by atoms with van der Waals surface area (Å²) in [6.45, 7) is 6.12. The molecule has 2 aromatic carbocycles. The van der Waals surface area contributed by atoms with Crippen LogP contribution in [0.2, 0.25) is 0 Å². The molecule has 0 unspecified atom stereocenters. The highest BCUT2D eigenvalue weighted by atomic mass is 79.9. The largest absolute Gasteiger partial charge is 0.481 e. The Kier molecular flexibility index (Phi) is 6.98. The van der Waals surface area contributed by atoms with Crippen LogP contribution in [-0.2, 0) is 17.6 Å². The molecular weight excluding hydrogens is 394 g/mol. The highest BCUT2D eigenvalue weighted by Crippen LogP contribution is 2.23. The van der Waals surface area contributed by atoms with Crippen molar-refractivity contribution in [3.05, 3.63) is 68.7 Å². The summed E-state index contributed by atoms with van der Waals surface area (Å²) in [5.41, 5.74) is 4.79. The minimum Gasteiger partial charge on any atom is -0.481 e. The van der Waals surface area contributed by atoms with Crippen LogP contribution in [0.4, 0.5) is 0 Å². The summed E-state index contributed by atoms with van der Waals surface area (Å²) >= 11 is 3.43. The summed E-state index contributed by atoms with van der Waals surface area (Å²) in [6.07, 6.45) is 1.64. The molecule has 0 aromatic heterocycles. The van der Waals surface area contributed by atoms with E-state index in [9.17, 15) is 14.7 Å². The number of benzene rings is 2. The molecule has 1 atom stereocenters. The fourth-order valence-electron chi connectivity index (χ4n) is 2.94. The van der Waals surface area contributed by atoms with Crippen LogP contribution in [0, 0.1) is 6.92 Å². The molecule has 0 aliphatic rings. The van der Waals surface area contributed by atoms with E-state index in [1.165, 1.54) is 11.1 Å². The van der Waals surface area contributed by atoms with Gasteiger partial charge in [0.25, 0.3) is 5.91 Å². The molecule has 1 amide bonds. The van der Waals surface area contributed by atoms with Crippen LogP contribution in [-0.4, -0.2) is 17.0 Å². The van der Waals surface area contributed by atoms with Crippen LogP contribution in [0.1, 0.15) is 58.9 Å². The van der Waals surface area contributed by atoms with Crippen LogP contribution in [0.25, 0.3) is 0 Å². The minimum absolute atomic E-state index is 0.159.